The van der Waals surface area contributed by atoms with Crippen molar-refractivity contribution in [3.63, 3.8) is 0 Å². The second-order valence-electron chi connectivity index (χ2n) is 8.63. The Kier molecular flexibility index (Phi) is 7.63. The standard InChI is InChI=1S/C23H30ClN5O3/c24-17-8-6-16(7-9-17)22-27-20(32-28-22)10-11-21(30)29-14-12-19(13-15-29)26-23(31)25-18-4-2-1-3-5-18/h6-9,18-19H,1-5,10-15H2,(H2,25,26,31). The van der Waals surface area contributed by atoms with Gasteiger partial charge in [-0.15, -0.1) is 0 Å². The van der Waals surface area contributed by atoms with Gasteiger partial charge in [0.25, 0.3) is 0 Å². The van der Waals surface area contributed by atoms with Gasteiger partial charge in [-0.1, -0.05) is 36.0 Å². The highest BCUT2D eigenvalue weighted by Gasteiger charge is 2.25. The van der Waals surface area contributed by atoms with E-state index in [-0.39, 0.29) is 18.0 Å². The Hall–Kier alpha value is -2.61. The maximum atomic E-state index is 12.6. The van der Waals surface area contributed by atoms with E-state index < -0.39 is 0 Å². The Morgan fingerprint density at radius 3 is 2.34 bits per heavy atom. The molecule has 0 atom stereocenters. The zero-order valence-corrected chi connectivity index (χ0v) is 18.9. The molecule has 0 unspecified atom stereocenters. The number of benzene rings is 1. The topological polar surface area (TPSA) is 100 Å². The molecular formula is C23H30ClN5O3. The van der Waals surface area contributed by atoms with Crippen molar-refractivity contribution in [2.45, 2.75) is 69.9 Å². The molecule has 1 aliphatic heterocycles. The van der Waals surface area contributed by atoms with E-state index in [0.717, 1.165) is 31.2 Å². The fourth-order valence-corrected chi connectivity index (χ4v) is 4.50. The molecule has 2 aliphatic rings. The highest BCUT2D eigenvalue weighted by atomic mass is 35.5. The maximum absolute atomic E-state index is 12.6. The molecule has 172 valence electrons. The number of urea groups is 1. The van der Waals surface area contributed by atoms with Crippen LogP contribution >= 0.6 is 11.6 Å². The number of aromatic nitrogens is 2. The lowest BCUT2D eigenvalue weighted by Gasteiger charge is -2.33. The number of carbonyl (C=O) groups is 2. The van der Waals surface area contributed by atoms with E-state index in [9.17, 15) is 9.59 Å². The summed E-state index contributed by atoms with van der Waals surface area (Å²) in [5.41, 5.74) is 0.817. The summed E-state index contributed by atoms with van der Waals surface area (Å²) in [6, 6.07) is 7.54. The molecule has 1 aromatic carbocycles. The van der Waals surface area contributed by atoms with Crippen LogP contribution in [0.2, 0.25) is 5.02 Å². The van der Waals surface area contributed by atoms with E-state index in [2.05, 4.69) is 20.8 Å². The molecule has 0 spiro atoms. The number of aryl methyl sites for hydroxylation is 1. The van der Waals surface area contributed by atoms with Crippen molar-refractivity contribution in [3.8, 4) is 11.4 Å². The molecule has 8 nitrogen and oxygen atoms in total. The highest BCUT2D eigenvalue weighted by Crippen LogP contribution is 2.20. The molecule has 2 N–H and O–H groups in total. The Morgan fingerprint density at radius 2 is 1.66 bits per heavy atom. The number of nitrogens with one attached hydrogen (secondary N) is 2. The van der Waals surface area contributed by atoms with Gasteiger partial charge in [-0.2, -0.15) is 4.98 Å². The van der Waals surface area contributed by atoms with Crippen LogP contribution in [0.4, 0.5) is 4.79 Å². The van der Waals surface area contributed by atoms with Crippen LogP contribution in [0.25, 0.3) is 11.4 Å². The van der Waals surface area contributed by atoms with Gasteiger partial charge in [0.15, 0.2) is 0 Å². The zero-order valence-electron chi connectivity index (χ0n) is 18.2. The highest BCUT2D eigenvalue weighted by molar-refractivity contribution is 6.30. The molecule has 4 rings (SSSR count). The first-order chi connectivity index (χ1) is 15.6. The van der Waals surface area contributed by atoms with Crippen molar-refractivity contribution in [2.75, 3.05) is 13.1 Å². The van der Waals surface area contributed by atoms with E-state index in [1.54, 1.807) is 12.1 Å². The number of amides is 3. The third-order valence-corrected chi connectivity index (χ3v) is 6.50. The Bertz CT molecular complexity index is 903. The summed E-state index contributed by atoms with van der Waals surface area (Å²) in [7, 11) is 0. The van der Waals surface area contributed by atoms with Gasteiger partial charge in [0.1, 0.15) is 0 Å². The van der Waals surface area contributed by atoms with Gasteiger partial charge in [-0.3, -0.25) is 4.79 Å². The SMILES string of the molecule is O=C(NC1CCCCC1)NC1CCN(C(=O)CCc2nc(-c3ccc(Cl)cc3)no2)CC1. The predicted octanol–water partition coefficient (Wildman–Crippen LogP) is 3.95. The summed E-state index contributed by atoms with van der Waals surface area (Å²) in [4.78, 5) is 31.1. The second-order valence-corrected chi connectivity index (χ2v) is 9.06. The normalized spacial score (nSPS) is 17.8. The molecule has 32 heavy (non-hydrogen) atoms. The van der Waals surface area contributed by atoms with Crippen molar-refractivity contribution in [1.82, 2.24) is 25.7 Å². The maximum Gasteiger partial charge on any atom is 0.315 e. The number of carbonyl (C=O) groups excluding carboxylic acids is 2. The van der Waals surface area contributed by atoms with E-state index in [1.807, 2.05) is 17.0 Å². The first-order valence-corrected chi connectivity index (χ1v) is 11.9. The Balaban J connectivity index is 1.17. The molecule has 2 fully saturated rings. The minimum atomic E-state index is -0.0745. The van der Waals surface area contributed by atoms with E-state index in [1.165, 1.54) is 19.3 Å². The minimum absolute atomic E-state index is 0.0707. The molecule has 0 radical (unpaired) electrons. The smallest absolute Gasteiger partial charge is 0.315 e. The number of halogens is 1. The van der Waals surface area contributed by atoms with Crippen molar-refractivity contribution >= 4 is 23.5 Å². The lowest BCUT2D eigenvalue weighted by molar-refractivity contribution is -0.132. The summed E-state index contributed by atoms with van der Waals surface area (Å²) >= 11 is 5.91. The van der Waals surface area contributed by atoms with Crippen LogP contribution in [0.5, 0.6) is 0 Å². The average molecular weight is 460 g/mol. The number of hydrogen-bond acceptors (Lipinski definition) is 5. The molecular weight excluding hydrogens is 430 g/mol. The van der Waals surface area contributed by atoms with E-state index in [0.29, 0.717) is 48.7 Å². The third kappa shape index (κ3) is 6.22. The van der Waals surface area contributed by atoms with Gasteiger partial charge in [0, 0.05) is 48.6 Å². The number of piperidine rings is 1. The largest absolute Gasteiger partial charge is 0.343 e. The Labute approximate surface area is 193 Å². The van der Waals surface area contributed by atoms with Gasteiger partial charge in [0.2, 0.25) is 17.6 Å². The molecule has 9 heteroatoms. The lowest BCUT2D eigenvalue weighted by Crippen LogP contribution is -2.51. The first kappa shape index (κ1) is 22.6. The Morgan fingerprint density at radius 1 is 1.00 bits per heavy atom. The van der Waals surface area contributed by atoms with Crippen LogP contribution in [-0.4, -0.2) is 52.2 Å². The van der Waals surface area contributed by atoms with Crippen LogP contribution in [0.3, 0.4) is 0 Å². The van der Waals surface area contributed by atoms with Gasteiger partial charge < -0.3 is 20.1 Å². The molecule has 2 heterocycles. The quantitative estimate of drug-likeness (QED) is 0.681. The molecule has 0 bridgehead atoms. The van der Waals surface area contributed by atoms with Crippen molar-refractivity contribution in [1.29, 1.82) is 0 Å². The predicted molar refractivity (Wildman–Crippen MR) is 121 cm³/mol. The third-order valence-electron chi connectivity index (χ3n) is 6.25. The zero-order chi connectivity index (χ0) is 22.3. The monoisotopic (exact) mass is 459 g/mol. The summed E-state index contributed by atoms with van der Waals surface area (Å²) in [6.07, 6.45) is 8.06. The lowest BCUT2D eigenvalue weighted by atomic mass is 9.96. The minimum Gasteiger partial charge on any atom is -0.343 e. The van der Waals surface area contributed by atoms with Gasteiger partial charge >= 0.3 is 6.03 Å². The number of hydrogen-bond donors (Lipinski definition) is 2. The summed E-state index contributed by atoms with van der Waals surface area (Å²) < 4.78 is 5.29. The number of rotatable bonds is 6. The van der Waals surface area contributed by atoms with Crippen LogP contribution in [0.1, 0.15) is 57.3 Å². The molecule has 1 saturated heterocycles. The fraction of sp³-hybridized carbons (Fsp3) is 0.565. The van der Waals surface area contributed by atoms with Crippen LogP contribution in [0.15, 0.2) is 28.8 Å². The fourth-order valence-electron chi connectivity index (χ4n) is 4.38. The summed E-state index contributed by atoms with van der Waals surface area (Å²) in [5, 5.41) is 10.8. The molecule has 1 saturated carbocycles. The average Bonchev–Trinajstić information content (AvgIpc) is 3.28. The molecule has 1 aliphatic carbocycles. The van der Waals surface area contributed by atoms with Gasteiger partial charge in [-0.25, -0.2) is 4.79 Å². The van der Waals surface area contributed by atoms with Crippen molar-refractivity contribution < 1.29 is 14.1 Å². The van der Waals surface area contributed by atoms with Crippen molar-refractivity contribution in [2.24, 2.45) is 0 Å². The van der Waals surface area contributed by atoms with E-state index >= 15 is 0 Å². The molecule has 1 aromatic heterocycles. The van der Waals surface area contributed by atoms with Gasteiger partial charge in [0.05, 0.1) is 0 Å². The van der Waals surface area contributed by atoms with Crippen LogP contribution in [0, 0.1) is 0 Å². The summed E-state index contributed by atoms with van der Waals surface area (Å²) in [6.45, 7) is 1.29. The van der Waals surface area contributed by atoms with Crippen LogP contribution in [-0.2, 0) is 11.2 Å². The van der Waals surface area contributed by atoms with E-state index in [4.69, 9.17) is 16.1 Å². The second kappa shape index (κ2) is 10.8. The van der Waals surface area contributed by atoms with Gasteiger partial charge in [-0.05, 0) is 49.9 Å². The molecule has 3 amide bonds. The first-order valence-electron chi connectivity index (χ1n) is 11.5. The van der Waals surface area contributed by atoms with Crippen LogP contribution < -0.4 is 10.6 Å². The number of nitrogens with zero attached hydrogens (tertiary/aromatic N) is 3. The van der Waals surface area contributed by atoms with Crippen molar-refractivity contribution in [3.05, 3.63) is 35.2 Å². The summed E-state index contributed by atoms with van der Waals surface area (Å²) in [5.74, 6) is 1.00. The number of likely N-dealkylation sites (tertiary alicyclic amines) is 1. The molecule has 2 aromatic rings.